The van der Waals surface area contributed by atoms with Crippen LogP contribution >= 0.6 is 0 Å². The average Bonchev–Trinajstić information content (AvgIpc) is 3.58. The number of nitrogens with zero attached hydrogens (tertiary/aromatic N) is 1. The monoisotopic (exact) mass is 679 g/mol. The zero-order valence-electron chi connectivity index (χ0n) is 28.9. The molecule has 1 heterocycles. The van der Waals surface area contributed by atoms with Gasteiger partial charge in [0.2, 0.25) is 17.6 Å². The average molecular weight is 680 g/mol. The number of ether oxygens (including phenoxy) is 1. The van der Waals surface area contributed by atoms with Crippen LogP contribution in [0.15, 0.2) is 30.3 Å². The van der Waals surface area contributed by atoms with E-state index < -0.39 is 53.3 Å². The molecular formula is C37H53N5O7. The van der Waals surface area contributed by atoms with Gasteiger partial charge in [-0.1, -0.05) is 89.1 Å². The molecule has 5 amide bonds. The number of nitrogens with one attached hydrogen (secondary N) is 3. The summed E-state index contributed by atoms with van der Waals surface area (Å²) in [5.41, 5.74) is 4.98. The summed E-state index contributed by atoms with van der Waals surface area (Å²) in [5, 5.41) is 8.68. The van der Waals surface area contributed by atoms with Gasteiger partial charge in [0, 0.05) is 6.54 Å². The van der Waals surface area contributed by atoms with E-state index in [-0.39, 0.29) is 36.2 Å². The van der Waals surface area contributed by atoms with E-state index in [1.807, 2.05) is 44.2 Å². The van der Waals surface area contributed by atoms with Crippen LogP contribution in [0, 0.1) is 23.7 Å². The number of ketones is 1. The summed E-state index contributed by atoms with van der Waals surface area (Å²) < 4.78 is 5.68. The number of hydrogen-bond donors (Lipinski definition) is 4. The maximum Gasteiger partial charge on any atom is 0.332 e. The molecular weight excluding hydrogens is 626 g/mol. The quantitative estimate of drug-likeness (QED) is 0.172. The lowest BCUT2D eigenvalue weighted by atomic mass is 9.83. The normalized spacial score (nSPS) is 23.4. The molecule has 1 aliphatic heterocycles. The van der Waals surface area contributed by atoms with Crippen molar-refractivity contribution in [2.45, 2.75) is 128 Å². The molecule has 268 valence electrons. The SMILES string of the molecule is CC(C)C1CCN(C(=O)[C@@H](NC(=O)NC2(C(=O)OCc3ccccc3)CCCC2)C2CCCCC2)[C@@H]1C(=O)NC(CC1CC1)C(=O)C(N)=O. The van der Waals surface area contributed by atoms with Crippen molar-refractivity contribution in [2.24, 2.45) is 29.4 Å². The minimum absolute atomic E-state index is 0.0517. The maximum atomic E-state index is 14.6. The van der Waals surface area contributed by atoms with E-state index in [9.17, 15) is 28.8 Å². The molecule has 0 radical (unpaired) electrons. The Morgan fingerprint density at radius 3 is 2.18 bits per heavy atom. The van der Waals surface area contributed by atoms with Gasteiger partial charge in [-0.25, -0.2) is 9.59 Å². The number of carbonyl (C=O) groups is 6. The highest BCUT2D eigenvalue weighted by molar-refractivity contribution is 6.37. The summed E-state index contributed by atoms with van der Waals surface area (Å²) in [4.78, 5) is 81.8. The summed E-state index contributed by atoms with van der Waals surface area (Å²) in [5.74, 6) is -3.29. The molecule has 4 aliphatic rings. The molecule has 12 heteroatoms. The van der Waals surface area contributed by atoms with Crippen LogP contribution in [-0.4, -0.2) is 70.6 Å². The minimum Gasteiger partial charge on any atom is -0.459 e. The summed E-state index contributed by atoms with van der Waals surface area (Å²) in [7, 11) is 0. The molecule has 0 spiro atoms. The Morgan fingerprint density at radius 1 is 0.898 bits per heavy atom. The van der Waals surface area contributed by atoms with Crippen LogP contribution in [0.4, 0.5) is 4.79 Å². The van der Waals surface area contributed by atoms with Gasteiger partial charge in [0.15, 0.2) is 0 Å². The molecule has 0 bridgehead atoms. The second-order valence-electron chi connectivity index (χ2n) is 15.0. The highest BCUT2D eigenvalue weighted by atomic mass is 16.5. The number of esters is 1. The van der Waals surface area contributed by atoms with Gasteiger partial charge in [-0.15, -0.1) is 0 Å². The van der Waals surface area contributed by atoms with E-state index in [4.69, 9.17) is 10.5 Å². The molecule has 5 N–H and O–H groups in total. The fraction of sp³-hybridized carbons (Fsp3) is 0.676. The number of hydrogen-bond acceptors (Lipinski definition) is 7. The third kappa shape index (κ3) is 8.99. The number of benzene rings is 1. The summed E-state index contributed by atoms with van der Waals surface area (Å²) in [6.45, 7) is 4.41. The summed E-state index contributed by atoms with van der Waals surface area (Å²) in [6.07, 6.45) is 9.52. The van der Waals surface area contributed by atoms with Gasteiger partial charge in [-0.2, -0.15) is 0 Å². The zero-order valence-corrected chi connectivity index (χ0v) is 28.9. The second-order valence-corrected chi connectivity index (χ2v) is 15.0. The topological polar surface area (TPSA) is 177 Å². The molecule has 4 fully saturated rings. The van der Waals surface area contributed by atoms with Crippen molar-refractivity contribution >= 4 is 35.5 Å². The number of primary amides is 1. The van der Waals surface area contributed by atoms with Crippen LogP contribution in [0.5, 0.6) is 0 Å². The predicted molar refractivity (Wildman–Crippen MR) is 181 cm³/mol. The summed E-state index contributed by atoms with van der Waals surface area (Å²) >= 11 is 0. The molecule has 0 aromatic heterocycles. The highest BCUT2D eigenvalue weighted by Gasteiger charge is 2.49. The molecule has 49 heavy (non-hydrogen) atoms. The number of Topliss-reactive ketones (excluding diaryl/α,β-unsaturated/α-hetero) is 1. The van der Waals surface area contributed by atoms with Crippen molar-refractivity contribution in [2.75, 3.05) is 6.54 Å². The van der Waals surface area contributed by atoms with Gasteiger partial charge < -0.3 is 31.3 Å². The van der Waals surface area contributed by atoms with Crippen molar-refractivity contribution in [3.63, 3.8) is 0 Å². The van der Waals surface area contributed by atoms with E-state index in [0.717, 1.165) is 63.4 Å². The van der Waals surface area contributed by atoms with E-state index in [0.29, 0.717) is 32.2 Å². The number of amides is 5. The Kier molecular flexibility index (Phi) is 12.0. The first-order valence-electron chi connectivity index (χ1n) is 18.2. The Morgan fingerprint density at radius 2 is 1.57 bits per heavy atom. The number of nitrogens with two attached hydrogens (primary N) is 1. The lowest BCUT2D eigenvalue weighted by Crippen LogP contribution is -2.62. The van der Waals surface area contributed by atoms with Gasteiger partial charge in [0.1, 0.15) is 24.2 Å². The number of carbonyl (C=O) groups excluding carboxylic acids is 6. The van der Waals surface area contributed by atoms with Crippen molar-refractivity contribution in [1.82, 2.24) is 20.9 Å². The molecule has 3 aliphatic carbocycles. The van der Waals surface area contributed by atoms with Crippen LogP contribution in [0.1, 0.15) is 103 Å². The van der Waals surface area contributed by atoms with Gasteiger partial charge in [-0.3, -0.25) is 19.2 Å². The molecule has 1 aromatic rings. The van der Waals surface area contributed by atoms with Gasteiger partial charge in [0.25, 0.3) is 5.91 Å². The van der Waals surface area contributed by atoms with Crippen molar-refractivity contribution in [3.8, 4) is 0 Å². The van der Waals surface area contributed by atoms with Crippen LogP contribution in [-0.2, 0) is 35.3 Å². The predicted octanol–water partition coefficient (Wildman–Crippen LogP) is 3.50. The molecule has 5 rings (SSSR count). The standard InChI is InChI=1S/C37H53N5O7/c1-23(2)27-17-20-42(30(27)33(45)39-28(21-24-15-16-24)31(43)32(38)44)34(46)29(26-13-7-4-8-14-26)40-36(48)41-37(18-9-10-19-37)35(47)49-22-25-11-5-3-6-12-25/h3,5-6,11-12,23-24,26-30H,4,7-10,13-22H2,1-2H3,(H2,38,44)(H,39,45)(H2,40,41,48)/t27?,28?,29-,30-/m0/s1. The number of likely N-dealkylation sites (tertiary alicyclic amines) is 1. The van der Waals surface area contributed by atoms with Crippen LogP contribution in [0.2, 0.25) is 0 Å². The van der Waals surface area contributed by atoms with Crippen molar-refractivity contribution < 1.29 is 33.5 Å². The van der Waals surface area contributed by atoms with Gasteiger partial charge in [0.05, 0.1) is 6.04 Å². The van der Waals surface area contributed by atoms with Crippen LogP contribution in [0.25, 0.3) is 0 Å². The van der Waals surface area contributed by atoms with Crippen LogP contribution < -0.4 is 21.7 Å². The molecule has 12 nitrogen and oxygen atoms in total. The lowest BCUT2D eigenvalue weighted by Gasteiger charge is -2.37. The third-order valence-electron chi connectivity index (χ3n) is 11.1. The molecule has 2 unspecified atom stereocenters. The lowest BCUT2D eigenvalue weighted by molar-refractivity contribution is -0.152. The summed E-state index contributed by atoms with van der Waals surface area (Å²) in [6, 6.07) is 5.93. The van der Waals surface area contributed by atoms with Crippen molar-refractivity contribution in [3.05, 3.63) is 35.9 Å². The van der Waals surface area contributed by atoms with E-state index in [1.54, 1.807) is 4.90 Å². The fourth-order valence-electron chi connectivity index (χ4n) is 8.09. The minimum atomic E-state index is -1.19. The Hall–Kier alpha value is -3.96. The first-order chi connectivity index (χ1) is 23.5. The van der Waals surface area contributed by atoms with Crippen molar-refractivity contribution in [1.29, 1.82) is 0 Å². The molecule has 3 saturated carbocycles. The number of rotatable bonds is 14. The third-order valence-corrected chi connectivity index (χ3v) is 11.1. The highest BCUT2D eigenvalue weighted by Crippen LogP contribution is 2.36. The largest absolute Gasteiger partial charge is 0.459 e. The van der Waals surface area contributed by atoms with E-state index in [2.05, 4.69) is 16.0 Å². The molecule has 4 atom stereocenters. The van der Waals surface area contributed by atoms with Gasteiger partial charge >= 0.3 is 12.0 Å². The number of urea groups is 1. The van der Waals surface area contributed by atoms with Gasteiger partial charge in [-0.05, 0) is 67.8 Å². The Labute approximate surface area is 289 Å². The Balaban J connectivity index is 1.33. The maximum absolute atomic E-state index is 14.6. The first-order valence-corrected chi connectivity index (χ1v) is 18.2. The molecule has 1 aromatic carbocycles. The fourth-order valence-corrected chi connectivity index (χ4v) is 8.09. The van der Waals surface area contributed by atoms with E-state index in [1.165, 1.54) is 0 Å². The second kappa shape index (κ2) is 16.2. The molecule has 1 saturated heterocycles. The first kappa shape index (κ1) is 36.3. The van der Waals surface area contributed by atoms with E-state index >= 15 is 0 Å². The van der Waals surface area contributed by atoms with Crippen LogP contribution in [0.3, 0.4) is 0 Å². The smallest absolute Gasteiger partial charge is 0.332 e. The Bertz CT molecular complexity index is 1370. The zero-order chi connectivity index (χ0) is 35.1.